The Morgan fingerprint density at radius 3 is 2.72 bits per heavy atom. The third kappa shape index (κ3) is 3.66. The van der Waals surface area contributed by atoms with Crippen LogP contribution in [-0.4, -0.2) is 16.6 Å². The Morgan fingerprint density at radius 2 is 2.00 bits per heavy atom. The number of benzene rings is 1. The van der Waals surface area contributed by atoms with Crippen molar-refractivity contribution >= 4 is 28.6 Å². The molecule has 3 aromatic rings. The van der Waals surface area contributed by atoms with E-state index >= 15 is 0 Å². The number of furan rings is 1. The molecule has 25 heavy (non-hydrogen) atoms. The minimum atomic E-state index is -2.64. The Morgan fingerprint density at radius 1 is 1.24 bits per heavy atom. The molecule has 0 aliphatic carbocycles. The van der Waals surface area contributed by atoms with Gasteiger partial charge in [0.25, 0.3) is 11.7 Å². The number of halogens is 2. The van der Waals surface area contributed by atoms with Crippen molar-refractivity contribution in [3.63, 3.8) is 0 Å². The fourth-order valence-electron chi connectivity index (χ4n) is 2.69. The van der Waals surface area contributed by atoms with E-state index in [1.54, 1.807) is 13.0 Å². The fourth-order valence-corrected chi connectivity index (χ4v) is 3.27. The van der Waals surface area contributed by atoms with E-state index in [4.69, 9.17) is 4.42 Å². The molecule has 4 nitrogen and oxygen atoms in total. The molecular formula is C18H16F2N2O2S. The summed E-state index contributed by atoms with van der Waals surface area (Å²) in [6, 6.07) is 10.2. The maximum Gasteiger partial charge on any atom is 0.290 e. The van der Waals surface area contributed by atoms with E-state index in [9.17, 15) is 13.6 Å². The highest BCUT2D eigenvalue weighted by Crippen LogP contribution is 2.30. The number of nitrogens with zero attached hydrogens (tertiary/aromatic N) is 1. The number of carbonyl (C=O) groups excluding carboxylic acids is 1. The molecule has 0 bridgehead atoms. The number of rotatable bonds is 5. The smallest absolute Gasteiger partial charge is 0.290 e. The minimum Gasteiger partial charge on any atom is -0.459 e. The van der Waals surface area contributed by atoms with Gasteiger partial charge in [0.05, 0.1) is 11.6 Å². The summed E-state index contributed by atoms with van der Waals surface area (Å²) in [6.45, 7) is 3.71. The van der Waals surface area contributed by atoms with Crippen molar-refractivity contribution in [1.29, 1.82) is 0 Å². The Hall–Kier alpha value is -2.41. The number of alkyl halides is 2. The molecule has 0 spiro atoms. The molecule has 0 saturated carbocycles. The zero-order chi connectivity index (χ0) is 18.0. The number of hydrogen-bond acceptors (Lipinski definition) is 4. The monoisotopic (exact) mass is 362 g/mol. The maximum absolute atomic E-state index is 12.6. The number of amides is 1. The topological polar surface area (TPSA) is 55.1 Å². The largest absolute Gasteiger partial charge is 0.459 e. The second-order valence-corrected chi connectivity index (χ2v) is 6.50. The van der Waals surface area contributed by atoms with Gasteiger partial charge in [-0.25, -0.2) is 4.98 Å². The maximum atomic E-state index is 12.6. The van der Waals surface area contributed by atoms with E-state index in [2.05, 4.69) is 10.3 Å². The Kier molecular flexibility index (Phi) is 5.03. The van der Waals surface area contributed by atoms with Gasteiger partial charge in [-0.2, -0.15) is 8.78 Å². The summed E-state index contributed by atoms with van der Waals surface area (Å²) in [6.07, 6.45) is 1.38. The molecule has 3 rings (SSSR count). The number of aromatic nitrogens is 1. The zero-order valence-electron chi connectivity index (χ0n) is 13.6. The molecule has 2 heterocycles. The lowest BCUT2D eigenvalue weighted by Crippen LogP contribution is -2.27. The van der Waals surface area contributed by atoms with Gasteiger partial charge in [-0.05, 0) is 43.8 Å². The van der Waals surface area contributed by atoms with E-state index in [0.717, 1.165) is 16.5 Å². The summed E-state index contributed by atoms with van der Waals surface area (Å²) < 4.78 is 31.1. The molecule has 1 N–H and O–H groups in total. The number of hydrogen-bond donors (Lipinski definition) is 1. The van der Waals surface area contributed by atoms with Crippen LogP contribution in [0.15, 0.2) is 52.0 Å². The van der Waals surface area contributed by atoms with Crippen LogP contribution in [0.5, 0.6) is 0 Å². The van der Waals surface area contributed by atoms with E-state index in [1.807, 2.05) is 31.2 Å². The average Bonchev–Trinajstić information content (AvgIpc) is 2.92. The van der Waals surface area contributed by atoms with Gasteiger partial charge in [0.15, 0.2) is 0 Å². The lowest BCUT2D eigenvalue weighted by Gasteiger charge is -2.14. The fraction of sp³-hybridized carbons (Fsp3) is 0.222. The Balaban J connectivity index is 1.84. The molecule has 0 aliphatic rings. The molecule has 0 fully saturated rings. The zero-order valence-corrected chi connectivity index (χ0v) is 14.4. The van der Waals surface area contributed by atoms with Gasteiger partial charge in [-0.3, -0.25) is 4.79 Å². The van der Waals surface area contributed by atoms with E-state index in [0.29, 0.717) is 5.76 Å². The van der Waals surface area contributed by atoms with Crippen molar-refractivity contribution in [2.24, 2.45) is 0 Å². The summed E-state index contributed by atoms with van der Waals surface area (Å²) in [7, 11) is 0. The molecule has 0 saturated heterocycles. The van der Waals surface area contributed by atoms with Gasteiger partial charge < -0.3 is 9.73 Å². The van der Waals surface area contributed by atoms with Crippen molar-refractivity contribution in [1.82, 2.24) is 10.3 Å². The first-order valence-corrected chi connectivity index (χ1v) is 8.54. The molecule has 0 aliphatic heterocycles. The highest BCUT2D eigenvalue weighted by molar-refractivity contribution is 7.99. The number of pyridine rings is 1. The van der Waals surface area contributed by atoms with Crippen molar-refractivity contribution in [2.45, 2.75) is 30.7 Å². The van der Waals surface area contributed by atoms with E-state index in [-0.39, 0.29) is 22.4 Å². The highest BCUT2D eigenvalue weighted by atomic mass is 32.2. The van der Waals surface area contributed by atoms with E-state index < -0.39 is 17.7 Å². The van der Waals surface area contributed by atoms with Gasteiger partial charge in [-0.1, -0.05) is 18.2 Å². The second kappa shape index (κ2) is 7.23. The third-order valence-electron chi connectivity index (χ3n) is 3.84. The molecule has 1 aromatic carbocycles. The van der Waals surface area contributed by atoms with Crippen LogP contribution in [0.1, 0.15) is 34.6 Å². The highest BCUT2D eigenvalue weighted by Gasteiger charge is 2.21. The lowest BCUT2D eigenvalue weighted by atomic mass is 10.1. The first-order chi connectivity index (χ1) is 12.0. The van der Waals surface area contributed by atoms with Crippen molar-refractivity contribution in [3.8, 4) is 0 Å². The van der Waals surface area contributed by atoms with E-state index in [1.165, 1.54) is 12.3 Å². The predicted molar refractivity (Wildman–Crippen MR) is 92.9 cm³/mol. The first kappa shape index (κ1) is 17.4. The first-order valence-electron chi connectivity index (χ1n) is 7.66. The van der Waals surface area contributed by atoms with Crippen LogP contribution >= 0.6 is 11.8 Å². The second-order valence-electron chi connectivity index (χ2n) is 5.52. The number of para-hydroxylation sites is 1. The summed E-state index contributed by atoms with van der Waals surface area (Å²) in [5, 5.41) is 3.78. The Bertz CT molecular complexity index is 911. The molecule has 1 unspecified atom stereocenters. The molecule has 7 heteroatoms. The van der Waals surface area contributed by atoms with Crippen LogP contribution in [-0.2, 0) is 0 Å². The SMILES string of the molecule is Cc1c(C(C)NC(=O)c2cccnc2SC(F)F)oc2ccccc12. The van der Waals surface area contributed by atoms with Crippen LogP contribution in [0.4, 0.5) is 8.78 Å². The van der Waals surface area contributed by atoms with Crippen LogP contribution in [0.25, 0.3) is 11.0 Å². The van der Waals surface area contributed by atoms with Crippen LogP contribution in [0.3, 0.4) is 0 Å². The van der Waals surface area contributed by atoms with Crippen molar-refractivity contribution in [3.05, 3.63) is 59.5 Å². The normalized spacial score (nSPS) is 12.5. The van der Waals surface area contributed by atoms with Crippen LogP contribution < -0.4 is 5.32 Å². The summed E-state index contributed by atoms with van der Waals surface area (Å²) in [5.41, 5.74) is 1.80. The van der Waals surface area contributed by atoms with Crippen molar-refractivity contribution < 1.29 is 18.0 Å². The average molecular weight is 362 g/mol. The summed E-state index contributed by atoms with van der Waals surface area (Å²) in [5.74, 6) is -2.47. The molecule has 2 aromatic heterocycles. The minimum absolute atomic E-state index is 0.00327. The molecular weight excluding hydrogens is 346 g/mol. The van der Waals surface area contributed by atoms with Crippen LogP contribution in [0.2, 0.25) is 0 Å². The van der Waals surface area contributed by atoms with Gasteiger partial charge >= 0.3 is 0 Å². The molecule has 130 valence electrons. The summed E-state index contributed by atoms with van der Waals surface area (Å²) >= 11 is 0.255. The molecule has 1 atom stereocenters. The molecule has 0 radical (unpaired) electrons. The van der Waals surface area contributed by atoms with Gasteiger partial charge in [0.1, 0.15) is 16.4 Å². The third-order valence-corrected chi connectivity index (χ3v) is 4.56. The predicted octanol–water partition coefficient (Wildman–Crippen LogP) is 4.94. The number of aryl methyl sites for hydroxylation is 1. The quantitative estimate of drug-likeness (QED) is 0.653. The number of thioether (sulfide) groups is 1. The van der Waals surface area contributed by atoms with Gasteiger partial charge in [0, 0.05) is 17.1 Å². The number of fused-ring (bicyclic) bond motifs is 1. The van der Waals surface area contributed by atoms with Crippen molar-refractivity contribution in [2.75, 3.05) is 0 Å². The molecule has 1 amide bonds. The van der Waals surface area contributed by atoms with Gasteiger partial charge in [-0.15, -0.1) is 0 Å². The Labute approximate surface area is 147 Å². The standard InChI is InChI=1S/C18H16F2N2O2S/c1-10-12-6-3-4-8-14(12)24-15(10)11(2)22-16(23)13-7-5-9-21-17(13)25-18(19)20/h3-9,11,18H,1-2H3,(H,22,23). The summed E-state index contributed by atoms with van der Waals surface area (Å²) in [4.78, 5) is 16.4. The van der Waals surface area contributed by atoms with Gasteiger partial charge in [0.2, 0.25) is 0 Å². The number of nitrogens with one attached hydrogen (secondary N) is 1. The lowest BCUT2D eigenvalue weighted by molar-refractivity contribution is 0.0932. The number of carbonyl (C=O) groups is 1. The van der Waals surface area contributed by atoms with Crippen LogP contribution in [0, 0.1) is 6.92 Å².